The largest absolute Gasteiger partial charge is 0.435 e. The lowest BCUT2D eigenvalue weighted by Gasteiger charge is -2.27. The first-order chi connectivity index (χ1) is 12.4. The van der Waals surface area contributed by atoms with Gasteiger partial charge in [0.25, 0.3) is 0 Å². The summed E-state index contributed by atoms with van der Waals surface area (Å²) in [6.45, 7) is -2.66. The highest BCUT2D eigenvalue weighted by molar-refractivity contribution is 5.96. The third kappa shape index (κ3) is 5.52. The highest BCUT2D eigenvalue weighted by Crippen LogP contribution is 2.23. The second-order valence-electron chi connectivity index (χ2n) is 5.61. The van der Waals surface area contributed by atoms with E-state index >= 15 is 0 Å². The van der Waals surface area contributed by atoms with Gasteiger partial charge in [-0.05, 0) is 30.3 Å². The van der Waals surface area contributed by atoms with Crippen LogP contribution in [0.3, 0.4) is 0 Å². The first kappa shape index (κ1) is 19.3. The van der Waals surface area contributed by atoms with Crippen molar-refractivity contribution in [2.45, 2.75) is 19.2 Å². The number of ether oxygens (including phenoxy) is 1. The highest BCUT2D eigenvalue weighted by atomic mass is 19.3. The van der Waals surface area contributed by atoms with E-state index in [0.29, 0.717) is 11.1 Å². The number of alkyl halides is 2. The minimum Gasteiger partial charge on any atom is -0.435 e. The van der Waals surface area contributed by atoms with Gasteiger partial charge in [0.2, 0.25) is 5.91 Å². The Morgan fingerprint density at radius 1 is 1.15 bits per heavy atom. The van der Waals surface area contributed by atoms with Gasteiger partial charge in [-0.15, -0.1) is 0 Å². The average molecular weight is 363 g/mol. The third-order valence-electron chi connectivity index (χ3n) is 3.61. The van der Waals surface area contributed by atoms with Gasteiger partial charge >= 0.3 is 12.6 Å². The normalized spacial score (nSPS) is 12.0. The summed E-state index contributed by atoms with van der Waals surface area (Å²) in [4.78, 5) is 25.2. The highest BCUT2D eigenvalue weighted by Gasteiger charge is 2.26. The topological polar surface area (TPSA) is 84.7 Å². The van der Waals surface area contributed by atoms with Crippen molar-refractivity contribution in [3.63, 3.8) is 0 Å². The van der Waals surface area contributed by atoms with E-state index in [0.717, 1.165) is 0 Å². The minimum absolute atomic E-state index is 0.0312. The van der Waals surface area contributed by atoms with E-state index in [4.69, 9.17) is 5.73 Å². The number of rotatable bonds is 7. The molecule has 6 nitrogen and oxygen atoms in total. The van der Waals surface area contributed by atoms with Crippen LogP contribution in [0.4, 0.5) is 13.6 Å². The molecule has 1 atom stereocenters. The molecule has 0 spiro atoms. The van der Waals surface area contributed by atoms with Crippen LogP contribution in [0.2, 0.25) is 0 Å². The SMILES string of the molecule is CN(Cc1cccc(OC(F)F)c1)C(C(=O)NC(N)=O)c1ccccc1. The fourth-order valence-corrected chi connectivity index (χ4v) is 2.63. The second kappa shape index (κ2) is 8.91. The van der Waals surface area contributed by atoms with Crippen molar-refractivity contribution in [2.24, 2.45) is 5.73 Å². The van der Waals surface area contributed by atoms with Gasteiger partial charge in [-0.3, -0.25) is 15.0 Å². The minimum atomic E-state index is -2.92. The van der Waals surface area contributed by atoms with E-state index in [2.05, 4.69) is 10.1 Å². The first-order valence-corrected chi connectivity index (χ1v) is 7.76. The molecule has 0 aliphatic carbocycles. The number of primary amides is 1. The summed E-state index contributed by atoms with van der Waals surface area (Å²) in [5.74, 6) is -0.546. The van der Waals surface area contributed by atoms with Crippen LogP contribution in [0.5, 0.6) is 5.75 Å². The lowest BCUT2D eigenvalue weighted by atomic mass is 10.0. The Balaban J connectivity index is 2.22. The van der Waals surface area contributed by atoms with E-state index in [1.165, 1.54) is 12.1 Å². The molecular weight excluding hydrogens is 344 g/mol. The summed E-state index contributed by atoms with van der Waals surface area (Å²) in [6.07, 6.45) is 0. The number of nitrogens with zero attached hydrogens (tertiary/aromatic N) is 1. The van der Waals surface area contributed by atoms with E-state index < -0.39 is 24.6 Å². The first-order valence-electron chi connectivity index (χ1n) is 7.76. The van der Waals surface area contributed by atoms with Crippen LogP contribution in [0.1, 0.15) is 17.2 Å². The van der Waals surface area contributed by atoms with Gasteiger partial charge in [-0.1, -0.05) is 42.5 Å². The fourth-order valence-electron chi connectivity index (χ4n) is 2.63. The molecule has 0 heterocycles. The molecular formula is C18H19F2N3O3. The number of amides is 3. The van der Waals surface area contributed by atoms with Crippen LogP contribution in [0, 0.1) is 0 Å². The van der Waals surface area contributed by atoms with E-state index in [1.807, 2.05) is 0 Å². The Bertz CT molecular complexity index is 756. The lowest BCUT2D eigenvalue weighted by Crippen LogP contribution is -2.43. The van der Waals surface area contributed by atoms with Crippen LogP contribution in [-0.4, -0.2) is 30.5 Å². The maximum absolute atomic E-state index is 12.4. The van der Waals surface area contributed by atoms with Crippen molar-refractivity contribution in [2.75, 3.05) is 7.05 Å². The molecule has 0 fully saturated rings. The van der Waals surface area contributed by atoms with Gasteiger partial charge in [-0.2, -0.15) is 8.78 Å². The number of halogens is 2. The van der Waals surface area contributed by atoms with Crippen molar-refractivity contribution in [3.8, 4) is 5.75 Å². The van der Waals surface area contributed by atoms with Crippen LogP contribution >= 0.6 is 0 Å². The smallest absolute Gasteiger partial charge is 0.387 e. The number of nitrogens with two attached hydrogens (primary N) is 1. The molecule has 1 unspecified atom stereocenters. The number of likely N-dealkylation sites (N-methyl/N-ethyl adjacent to an activating group) is 1. The van der Waals surface area contributed by atoms with Crippen LogP contribution in [-0.2, 0) is 11.3 Å². The quantitative estimate of drug-likeness (QED) is 0.792. The molecule has 26 heavy (non-hydrogen) atoms. The van der Waals surface area contributed by atoms with Crippen LogP contribution < -0.4 is 15.8 Å². The molecule has 0 saturated heterocycles. The second-order valence-corrected chi connectivity index (χ2v) is 5.61. The molecule has 2 aromatic carbocycles. The Labute approximate surface area is 149 Å². The van der Waals surface area contributed by atoms with E-state index in [-0.39, 0.29) is 12.3 Å². The number of imide groups is 1. The third-order valence-corrected chi connectivity index (χ3v) is 3.61. The molecule has 0 saturated carbocycles. The maximum Gasteiger partial charge on any atom is 0.387 e. The standard InChI is InChI=1S/C18H19F2N3O3/c1-23(11-12-6-5-9-14(10-12)26-17(19)20)15(16(24)22-18(21)25)13-7-3-2-4-8-13/h2-10,15,17H,11H2,1H3,(H3,21,22,24,25). The van der Waals surface area contributed by atoms with E-state index in [9.17, 15) is 18.4 Å². The van der Waals surface area contributed by atoms with Gasteiger partial charge in [0.15, 0.2) is 0 Å². The zero-order chi connectivity index (χ0) is 19.1. The predicted octanol–water partition coefficient (Wildman–Crippen LogP) is 2.66. The van der Waals surface area contributed by atoms with Crippen molar-refractivity contribution < 1.29 is 23.1 Å². The molecule has 3 N–H and O–H groups in total. The summed E-state index contributed by atoms with van der Waals surface area (Å²) in [7, 11) is 1.68. The van der Waals surface area contributed by atoms with Crippen molar-refractivity contribution in [1.82, 2.24) is 10.2 Å². The maximum atomic E-state index is 12.4. The zero-order valence-corrected chi connectivity index (χ0v) is 14.1. The van der Waals surface area contributed by atoms with Crippen LogP contribution in [0.25, 0.3) is 0 Å². The summed E-state index contributed by atoms with van der Waals surface area (Å²) >= 11 is 0. The van der Waals surface area contributed by atoms with Gasteiger partial charge in [0.05, 0.1) is 0 Å². The van der Waals surface area contributed by atoms with Crippen molar-refractivity contribution in [1.29, 1.82) is 0 Å². The Kier molecular flexibility index (Phi) is 6.62. The Morgan fingerprint density at radius 3 is 2.46 bits per heavy atom. The van der Waals surface area contributed by atoms with Crippen molar-refractivity contribution >= 4 is 11.9 Å². The number of hydrogen-bond acceptors (Lipinski definition) is 4. The number of urea groups is 1. The summed E-state index contributed by atoms with van der Waals surface area (Å²) < 4.78 is 29.1. The molecule has 0 radical (unpaired) electrons. The molecule has 2 rings (SSSR count). The molecule has 3 amide bonds. The van der Waals surface area contributed by atoms with Gasteiger partial charge in [0.1, 0.15) is 11.8 Å². The Morgan fingerprint density at radius 2 is 1.85 bits per heavy atom. The molecule has 2 aromatic rings. The molecule has 0 aliphatic heterocycles. The number of carbonyl (C=O) groups is 2. The predicted molar refractivity (Wildman–Crippen MR) is 91.5 cm³/mol. The monoisotopic (exact) mass is 363 g/mol. The summed E-state index contributed by atoms with van der Waals surface area (Å²) in [6, 6.07) is 13.3. The summed E-state index contributed by atoms with van der Waals surface area (Å²) in [5.41, 5.74) is 6.38. The van der Waals surface area contributed by atoms with Gasteiger partial charge in [0, 0.05) is 6.54 Å². The van der Waals surface area contributed by atoms with E-state index in [1.54, 1.807) is 54.4 Å². The summed E-state index contributed by atoms with van der Waals surface area (Å²) in [5, 5.41) is 2.08. The molecule has 8 heteroatoms. The van der Waals surface area contributed by atoms with Crippen molar-refractivity contribution in [3.05, 3.63) is 65.7 Å². The van der Waals surface area contributed by atoms with Gasteiger partial charge < -0.3 is 10.5 Å². The average Bonchev–Trinajstić information content (AvgIpc) is 2.55. The number of hydrogen-bond donors (Lipinski definition) is 2. The lowest BCUT2D eigenvalue weighted by molar-refractivity contribution is -0.125. The number of nitrogens with one attached hydrogen (secondary N) is 1. The number of carbonyl (C=O) groups excluding carboxylic acids is 2. The van der Waals surface area contributed by atoms with Crippen LogP contribution in [0.15, 0.2) is 54.6 Å². The van der Waals surface area contributed by atoms with Gasteiger partial charge in [-0.25, -0.2) is 4.79 Å². The number of benzene rings is 2. The zero-order valence-electron chi connectivity index (χ0n) is 14.1. The Hall–Kier alpha value is -3.00. The molecule has 0 aliphatic rings. The molecule has 0 bridgehead atoms. The fraction of sp³-hybridized carbons (Fsp3) is 0.222. The molecule has 138 valence electrons. The molecule has 0 aromatic heterocycles.